The fourth-order valence-electron chi connectivity index (χ4n) is 2.89. The van der Waals surface area contributed by atoms with Crippen molar-refractivity contribution < 1.29 is 17.6 Å². The number of carbonyl (C=O) groups excluding carboxylic acids is 1. The summed E-state index contributed by atoms with van der Waals surface area (Å²) in [4.78, 5) is 23.4. The Kier molecular flexibility index (Phi) is 4.73. The fraction of sp³-hybridized carbons (Fsp3) is 0. The summed E-state index contributed by atoms with van der Waals surface area (Å²) in [5.74, 6) is -1.70. The van der Waals surface area contributed by atoms with Crippen molar-refractivity contribution in [2.45, 2.75) is 4.90 Å². The molecule has 8 nitrogen and oxygen atoms in total. The Morgan fingerprint density at radius 2 is 2.00 bits per heavy atom. The molecular formula is C20H12FN5O3S. The number of aromatic nitrogens is 3. The topological polar surface area (TPSA) is 129 Å². The summed E-state index contributed by atoms with van der Waals surface area (Å²) in [6.45, 7) is 0. The molecule has 4 aromatic rings. The predicted molar refractivity (Wildman–Crippen MR) is 106 cm³/mol. The van der Waals surface area contributed by atoms with Gasteiger partial charge in [-0.25, -0.2) is 17.8 Å². The Labute approximate surface area is 170 Å². The molecule has 0 amide bonds. The zero-order valence-corrected chi connectivity index (χ0v) is 15.9. The number of hydrogen-bond donors (Lipinski definition) is 2. The minimum absolute atomic E-state index is 0.112. The Morgan fingerprint density at radius 3 is 2.73 bits per heavy atom. The lowest BCUT2D eigenvalue weighted by Gasteiger charge is -2.11. The van der Waals surface area contributed by atoms with Crippen LogP contribution in [0.5, 0.6) is 0 Å². The molecule has 0 saturated heterocycles. The van der Waals surface area contributed by atoms with Crippen LogP contribution < -0.4 is 4.72 Å². The van der Waals surface area contributed by atoms with Gasteiger partial charge >= 0.3 is 0 Å². The second-order valence-corrected chi connectivity index (χ2v) is 7.91. The first-order valence-corrected chi connectivity index (χ1v) is 10.0. The van der Waals surface area contributed by atoms with E-state index < -0.39 is 21.6 Å². The van der Waals surface area contributed by atoms with Gasteiger partial charge in [0, 0.05) is 35.7 Å². The van der Waals surface area contributed by atoms with Gasteiger partial charge in [0.1, 0.15) is 16.6 Å². The summed E-state index contributed by atoms with van der Waals surface area (Å²) in [7, 11) is -4.09. The number of ketones is 1. The van der Waals surface area contributed by atoms with Gasteiger partial charge in [-0.05, 0) is 30.3 Å². The number of sulfonamides is 1. The average molecular weight is 421 g/mol. The SMILES string of the molecule is N#Cc1cnc2[nH]cc(C(=O)c3cccc(NS(=O)(=O)c4cccnc4)c3F)c2c1. The van der Waals surface area contributed by atoms with Crippen molar-refractivity contribution in [3.63, 3.8) is 0 Å². The molecule has 148 valence electrons. The van der Waals surface area contributed by atoms with Crippen molar-refractivity contribution in [3.05, 3.63) is 83.7 Å². The number of fused-ring (bicyclic) bond motifs is 1. The molecule has 2 N–H and O–H groups in total. The number of hydrogen-bond acceptors (Lipinski definition) is 6. The zero-order chi connectivity index (χ0) is 21.3. The number of aromatic amines is 1. The van der Waals surface area contributed by atoms with Gasteiger partial charge in [0.25, 0.3) is 10.0 Å². The average Bonchev–Trinajstić information content (AvgIpc) is 3.18. The van der Waals surface area contributed by atoms with E-state index in [4.69, 9.17) is 5.26 Å². The van der Waals surface area contributed by atoms with Crippen LogP contribution in [0.1, 0.15) is 21.5 Å². The molecule has 3 aromatic heterocycles. The maximum absolute atomic E-state index is 15.1. The normalized spacial score (nSPS) is 11.2. The summed E-state index contributed by atoms with van der Waals surface area (Å²) in [5.41, 5.74) is 0.0200. The van der Waals surface area contributed by atoms with Crippen LogP contribution in [0.4, 0.5) is 10.1 Å². The van der Waals surface area contributed by atoms with Gasteiger partial charge in [0.2, 0.25) is 0 Å². The lowest BCUT2D eigenvalue weighted by Crippen LogP contribution is -2.15. The first-order chi connectivity index (χ1) is 14.4. The van der Waals surface area contributed by atoms with Crippen LogP contribution in [0.3, 0.4) is 0 Å². The number of rotatable bonds is 5. The van der Waals surface area contributed by atoms with Crippen LogP contribution in [0, 0.1) is 17.1 Å². The van der Waals surface area contributed by atoms with Crippen LogP contribution in [0.25, 0.3) is 11.0 Å². The maximum atomic E-state index is 15.1. The molecule has 0 aliphatic heterocycles. The number of nitriles is 1. The number of pyridine rings is 2. The molecular weight excluding hydrogens is 409 g/mol. The minimum atomic E-state index is -4.09. The highest BCUT2D eigenvalue weighted by Crippen LogP contribution is 2.26. The highest BCUT2D eigenvalue weighted by Gasteiger charge is 2.23. The molecule has 4 rings (SSSR count). The largest absolute Gasteiger partial charge is 0.345 e. The molecule has 0 fully saturated rings. The quantitative estimate of drug-likeness (QED) is 0.477. The van der Waals surface area contributed by atoms with E-state index in [1.54, 1.807) is 0 Å². The van der Waals surface area contributed by atoms with E-state index in [0.717, 1.165) is 6.20 Å². The van der Waals surface area contributed by atoms with Crippen LogP contribution in [-0.4, -0.2) is 29.2 Å². The van der Waals surface area contributed by atoms with E-state index >= 15 is 4.39 Å². The van der Waals surface area contributed by atoms with Crippen molar-refractivity contribution in [3.8, 4) is 6.07 Å². The number of anilines is 1. The van der Waals surface area contributed by atoms with Gasteiger partial charge in [0.05, 0.1) is 16.8 Å². The Morgan fingerprint density at radius 1 is 1.17 bits per heavy atom. The van der Waals surface area contributed by atoms with E-state index in [0.29, 0.717) is 11.0 Å². The van der Waals surface area contributed by atoms with Crippen molar-refractivity contribution in [2.75, 3.05) is 4.72 Å². The standard InChI is InChI=1S/C20H12FN5O3S/c21-18-14(19(27)16-11-25-20-15(16)7-12(8-22)9-24-20)4-1-5-17(18)26-30(28,29)13-3-2-6-23-10-13/h1-7,9-11,26H,(H,24,25). The van der Waals surface area contributed by atoms with E-state index in [-0.39, 0.29) is 27.3 Å². The second-order valence-electron chi connectivity index (χ2n) is 6.22. The number of nitrogens with zero attached hydrogens (tertiary/aromatic N) is 3. The predicted octanol–water partition coefficient (Wildman–Crippen LogP) is 3.00. The van der Waals surface area contributed by atoms with E-state index in [9.17, 15) is 13.2 Å². The summed E-state index contributed by atoms with van der Waals surface area (Å²) in [6.07, 6.45) is 5.25. The number of nitrogens with one attached hydrogen (secondary N) is 2. The first-order valence-electron chi connectivity index (χ1n) is 8.54. The van der Waals surface area contributed by atoms with Gasteiger partial charge in [0.15, 0.2) is 11.6 Å². The Hall–Kier alpha value is -4.10. The molecule has 0 bridgehead atoms. The number of benzene rings is 1. The van der Waals surface area contributed by atoms with Crippen LogP contribution >= 0.6 is 0 Å². The summed E-state index contributed by atoms with van der Waals surface area (Å²) >= 11 is 0. The zero-order valence-electron chi connectivity index (χ0n) is 15.1. The van der Waals surface area contributed by atoms with Gasteiger partial charge in [-0.1, -0.05) is 6.07 Å². The Bertz CT molecular complexity index is 1430. The molecule has 0 aliphatic carbocycles. The van der Waals surface area contributed by atoms with Crippen LogP contribution in [0.15, 0.2) is 66.1 Å². The lowest BCUT2D eigenvalue weighted by molar-refractivity contribution is 0.103. The second kappa shape index (κ2) is 7.38. The number of H-pyrrole nitrogens is 1. The molecule has 30 heavy (non-hydrogen) atoms. The third kappa shape index (κ3) is 3.38. The number of carbonyl (C=O) groups is 1. The van der Waals surface area contributed by atoms with Gasteiger partial charge < -0.3 is 4.98 Å². The lowest BCUT2D eigenvalue weighted by atomic mass is 10.0. The van der Waals surface area contributed by atoms with Crippen molar-refractivity contribution in [2.24, 2.45) is 0 Å². The smallest absolute Gasteiger partial charge is 0.263 e. The van der Waals surface area contributed by atoms with Gasteiger partial charge in [-0.15, -0.1) is 0 Å². The molecule has 1 aromatic carbocycles. The molecule has 0 spiro atoms. The number of halogens is 1. The molecule has 0 aliphatic rings. The molecule has 0 saturated carbocycles. The fourth-order valence-corrected chi connectivity index (χ4v) is 3.92. The molecule has 3 heterocycles. The third-order valence-electron chi connectivity index (χ3n) is 4.34. The van der Waals surface area contributed by atoms with Crippen molar-refractivity contribution >= 4 is 32.5 Å². The van der Waals surface area contributed by atoms with Crippen LogP contribution in [-0.2, 0) is 10.0 Å². The monoisotopic (exact) mass is 421 g/mol. The van der Waals surface area contributed by atoms with E-state index in [1.165, 1.54) is 55.0 Å². The van der Waals surface area contributed by atoms with Gasteiger partial charge in [-0.3, -0.25) is 14.5 Å². The van der Waals surface area contributed by atoms with Gasteiger partial charge in [-0.2, -0.15) is 5.26 Å². The summed E-state index contributed by atoms with van der Waals surface area (Å²) in [5, 5.41) is 9.41. The third-order valence-corrected chi connectivity index (χ3v) is 5.69. The highest BCUT2D eigenvalue weighted by molar-refractivity contribution is 7.92. The van der Waals surface area contributed by atoms with Crippen molar-refractivity contribution in [1.82, 2.24) is 15.0 Å². The van der Waals surface area contributed by atoms with E-state index in [2.05, 4.69) is 19.7 Å². The van der Waals surface area contributed by atoms with Crippen LogP contribution in [0.2, 0.25) is 0 Å². The Balaban J connectivity index is 1.74. The molecule has 10 heteroatoms. The van der Waals surface area contributed by atoms with E-state index in [1.807, 2.05) is 6.07 Å². The summed E-state index contributed by atoms with van der Waals surface area (Å²) < 4.78 is 42.1. The minimum Gasteiger partial charge on any atom is -0.345 e. The first kappa shape index (κ1) is 19.2. The molecule has 0 atom stereocenters. The maximum Gasteiger partial charge on any atom is 0.263 e. The summed E-state index contributed by atoms with van der Waals surface area (Å²) in [6, 6.07) is 9.98. The molecule has 0 unspecified atom stereocenters. The molecule has 0 radical (unpaired) electrons. The highest BCUT2D eigenvalue weighted by atomic mass is 32.2. The van der Waals surface area contributed by atoms with Crippen molar-refractivity contribution in [1.29, 1.82) is 5.26 Å².